The summed E-state index contributed by atoms with van der Waals surface area (Å²) in [6.45, 7) is 2.79. The Morgan fingerprint density at radius 2 is 2.33 bits per heavy atom. The predicted molar refractivity (Wildman–Crippen MR) is 80.9 cm³/mol. The normalized spacial score (nSPS) is 18.2. The molecular formula is C16H21N3O2. The van der Waals surface area contributed by atoms with Gasteiger partial charge in [0.25, 0.3) is 0 Å². The van der Waals surface area contributed by atoms with Gasteiger partial charge in [0.2, 0.25) is 5.91 Å². The van der Waals surface area contributed by atoms with Gasteiger partial charge in [-0.15, -0.1) is 0 Å². The topological polar surface area (TPSA) is 56.2 Å². The summed E-state index contributed by atoms with van der Waals surface area (Å²) in [5.41, 5.74) is 0.923. The maximum absolute atomic E-state index is 11.9. The quantitative estimate of drug-likeness (QED) is 0.826. The van der Waals surface area contributed by atoms with Crippen LogP contribution in [0, 0.1) is 5.92 Å². The number of rotatable bonds is 6. The molecule has 1 unspecified atom stereocenters. The van der Waals surface area contributed by atoms with E-state index in [0.717, 1.165) is 49.9 Å². The third-order valence-corrected chi connectivity index (χ3v) is 3.90. The Labute approximate surface area is 124 Å². The first-order valence-corrected chi connectivity index (χ1v) is 7.58. The number of amides is 1. The van der Waals surface area contributed by atoms with Crippen LogP contribution >= 0.6 is 0 Å². The second-order valence-corrected chi connectivity index (χ2v) is 5.61. The molecule has 0 bridgehead atoms. The van der Waals surface area contributed by atoms with E-state index in [4.69, 9.17) is 4.74 Å². The van der Waals surface area contributed by atoms with Crippen molar-refractivity contribution in [3.63, 3.8) is 0 Å². The van der Waals surface area contributed by atoms with Crippen molar-refractivity contribution in [2.24, 2.45) is 5.92 Å². The summed E-state index contributed by atoms with van der Waals surface area (Å²) in [5.74, 6) is 0.698. The lowest BCUT2D eigenvalue weighted by molar-refractivity contribution is -0.121. The minimum Gasteiger partial charge on any atom is -0.381 e. The van der Waals surface area contributed by atoms with Crippen LogP contribution in [0.15, 0.2) is 30.5 Å². The number of ether oxygens (including phenoxy) is 1. The number of nitrogens with one attached hydrogen (secondary N) is 1. The molecule has 1 aromatic carbocycles. The largest absolute Gasteiger partial charge is 0.381 e. The van der Waals surface area contributed by atoms with E-state index < -0.39 is 0 Å². The van der Waals surface area contributed by atoms with E-state index in [9.17, 15) is 4.79 Å². The highest BCUT2D eigenvalue weighted by molar-refractivity contribution is 5.79. The fourth-order valence-corrected chi connectivity index (χ4v) is 2.73. The van der Waals surface area contributed by atoms with Crippen molar-refractivity contribution >= 4 is 16.8 Å². The van der Waals surface area contributed by atoms with Crippen LogP contribution < -0.4 is 5.32 Å². The number of aromatic nitrogens is 2. The van der Waals surface area contributed by atoms with Crippen LogP contribution in [0.4, 0.5) is 0 Å². The lowest BCUT2D eigenvalue weighted by Gasteiger charge is -2.08. The molecule has 1 aromatic heterocycles. The molecule has 21 heavy (non-hydrogen) atoms. The molecule has 2 aromatic rings. The first-order valence-electron chi connectivity index (χ1n) is 7.58. The van der Waals surface area contributed by atoms with E-state index in [2.05, 4.69) is 10.4 Å². The molecule has 1 aliphatic heterocycles. The van der Waals surface area contributed by atoms with Crippen molar-refractivity contribution < 1.29 is 9.53 Å². The standard InChI is InChI=1S/C16H21N3O2/c20-16(17-8-3-4-13-7-9-21-12-13)11-19-10-14-5-1-2-6-15(14)18-19/h1-2,5-6,10,13H,3-4,7-9,11-12H2,(H,17,20). The Morgan fingerprint density at radius 3 is 3.14 bits per heavy atom. The van der Waals surface area contributed by atoms with Crippen LogP contribution in [-0.4, -0.2) is 35.4 Å². The maximum Gasteiger partial charge on any atom is 0.241 e. The van der Waals surface area contributed by atoms with Gasteiger partial charge >= 0.3 is 0 Å². The number of nitrogens with zero attached hydrogens (tertiary/aromatic N) is 2. The van der Waals surface area contributed by atoms with Crippen LogP contribution in [-0.2, 0) is 16.1 Å². The zero-order valence-corrected chi connectivity index (χ0v) is 12.1. The van der Waals surface area contributed by atoms with Gasteiger partial charge < -0.3 is 10.1 Å². The van der Waals surface area contributed by atoms with E-state index in [-0.39, 0.29) is 12.5 Å². The Morgan fingerprint density at radius 1 is 1.43 bits per heavy atom. The van der Waals surface area contributed by atoms with Gasteiger partial charge in [0.05, 0.1) is 5.52 Å². The molecule has 2 heterocycles. The van der Waals surface area contributed by atoms with Gasteiger partial charge in [0.1, 0.15) is 6.54 Å². The van der Waals surface area contributed by atoms with Gasteiger partial charge in [-0.2, -0.15) is 5.10 Å². The highest BCUT2D eigenvalue weighted by Crippen LogP contribution is 2.17. The molecule has 112 valence electrons. The lowest BCUT2D eigenvalue weighted by atomic mass is 10.0. The molecule has 1 N–H and O–H groups in total. The number of fused-ring (bicyclic) bond motifs is 1. The van der Waals surface area contributed by atoms with Crippen molar-refractivity contribution in [1.29, 1.82) is 0 Å². The number of carbonyl (C=O) groups excluding carboxylic acids is 1. The average molecular weight is 287 g/mol. The summed E-state index contributed by atoms with van der Waals surface area (Å²) >= 11 is 0. The molecular weight excluding hydrogens is 266 g/mol. The van der Waals surface area contributed by atoms with E-state index in [1.165, 1.54) is 0 Å². The molecule has 0 radical (unpaired) electrons. The Bertz CT molecular complexity index is 569. The fraction of sp³-hybridized carbons (Fsp3) is 0.500. The van der Waals surface area contributed by atoms with Crippen molar-refractivity contribution in [3.05, 3.63) is 30.5 Å². The summed E-state index contributed by atoms with van der Waals surface area (Å²) in [6, 6.07) is 7.88. The highest BCUT2D eigenvalue weighted by atomic mass is 16.5. The molecule has 0 aliphatic carbocycles. The van der Waals surface area contributed by atoms with Crippen molar-refractivity contribution in [3.8, 4) is 0 Å². The van der Waals surface area contributed by atoms with E-state index in [1.54, 1.807) is 4.68 Å². The van der Waals surface area contributed by atoms with Crippen LogP contribution in [0.1, 0.15) is 19.3 Å². The molecule has 1 aliphatic rings. The van der Waals surface area contributed by atoms with Gasteiger partial charge in [-0.25, -0.2) is 0 Å². The van der Waals surface area contributed by atoms with Crippen LogP contribution in [0.5, 0.6) is 0 Å². The molecule has 1 atom stereocenters. The molecule has 5 nitrogen and oxygen atoms in total. The van der Waals surface area contributed by atoms with Crippen LogP contribution in [0.3, 0.4) is 0 Å². The van der Waals surface area contributed by atoms with Crippen LogP contribution in [0.25, 0.3) is 10.9 Å². The van der Waals surface area contributed by atoms with Crippen molar-refractivity contribution in [2.45, 2.75) is 25.8 Å². The number of benzene rings is 1. The SMILES string of the molecule is O=C(Cn1cc2ccccc2n1)NCCCC1CCOC1. The van der Waals surface area contributed by atoms with Gasteiger partial charge in [-0.05, 0) is 31.2 Å². The number of carbonyl (C=O) groups is 1. The summed E-state index contributed by atoms with van der Waals surface area (Å²) in [5, 5.41) is 8.40. The third-order valence-electron chi connectivity index (χ3n) is 3.90. The molecule has 1 amide bonds. The third kappa shape index (κ3) is 3.82. The lowest BCUT2D eigenvalue weighted by Crippen LogP contribution is -2.28. The summed E-state index contributed by atoms with van der Waals surface area (Å²) in [7, 11) is 0. The second kappa shape index (κ2) is 6.72. The highest BCUT2D eigenvalue weighted by Gasteiger charge is 2.14. The van der Waals surface area contributed by atoms with Crippen molar-refractivity contribution in [1.82, 2.24) is 15.1 Å². The van der Waals surface area contributed by atoms with Gasteiger partial charge in [-0.1, -0.05) is 18.2 Å². The Kier molecular flexibility index (Phi) is 4.50. The summed E-state index contributed by atoms with van der Waals surface area (Å²) in [6.07, 6.45) is 5.21. The molecule has 0 saturated carbocycles. The minimum absolute atomic E-state index is 0.0190. The summed E-state index contributed by atoms with van der Waals surface area (Å²) < 4.78 is 7.04. The first kappa shape index (κ1) is 14.1. The molecule has 1 saturated heterocycles. The maximum atomic E-state index is 11.9. The Hall–Kier alpha value is -1.88. The Balaban J connectivity index is 1.41. The van der Waals surface area contributed by atoms with Crippen LogP contribution in [0.2, 0.25) is 0 Å². The molecule has 0 spiro atoms. The zero-order chi connectivity index (χ0) is 14.5. The van der Waals surface area contributed by atoms with Crippen molar-refractivity contribution in [2.75, 3.05) is 19.8 Å². The second-order valence-electron chi connectivity index (χ2n) is 5.61. The first-order chi connectivity index (χ1) is 10.3. The van der Waals surface area contributed by atoms with E-state index in [1.807, 2.05) is 30.5 Å². The van der Waals surface area contributed by atoms with Gasteiger partial charge in [-0.3, -0.25) is 9.48 Å². The van der Waals surface area contributed by atoms with E-state index >= 15 is 0 Å². The fourth-order valence-electron chi connectivity index (χ4n) is 2.73. The van der Waals surface area contributed by atoms with E-state index in [0.29, 0.717) is 5.92 Å². The number of hydrogen-bond acceptors (Lipinski definition) is 3. The smallest absolute Gasteiger partial charge is 0.241 e. The number of hydrogen-bond donors (Lipinski definition) is 1. The van der Waals surface area contributed by atoms with Gasteiger partial charge in [0, 0.05) is 31.3 Å². The minimum atomic E-state index is 0.0190. The zero-order valence-electron chi connectivity index (χ0n) is 12.1. The van der Waals surface area contributed by atoms with Gasteiger partial charge in [0.15, 0.2) is 0 Å². The summed E-state index contributed by atoms with van der Waals surface area (Å²) in [4.78, 5) is 11.9. The average Bonchev–Trinajstić information content (AvgIpc) is 3.12. The predicted octanol–water partition coefficient (Wildman–Crippen LogP) is 1.97. The molecule has 1 fully saturated rings. The molecule has 3 rings (SSSR count). The monoisotopic (exact) mass is 287 g/mol. The molecule has 5 heteroatoms.